The van der Waals surface area contributed by atoms with Crippen LogP contribution in [0.1, 0.15) is 18.9 Å². The lowest BCUT2D eigenvalue weighted by Gasteiger charge is -2.29. The Labute approximate surface area is 118 Å². The number of nitrogens with two attached hydrogens (primary N) is 1. The van der Waals surface area contributed by atoms with Crippen molar-refractivity contribution in [1.82, 2.24) is 14.5 Å². The van der Waals surface area contributed by atoms with Crippen LogP contribution in [-0.2, 0) is 9.59 Å². The highest BCUT2D eigenvalue weighted by molar-refractivity contribution is 6.00. The van der Waals surface area contributed by atoms with Gasteiger partial charge in [0.1, 0.15) is 11.6 Å². The van der Waals surface area contributed by atoms with E-state index < -0.39 is 23.6 Å². The van der Waals surface area contributed by atoms with Crippen LogP contribution in [0.15, 0.2) is 12.1 Å². The quantitative estimate of drug-likeness (QED) is 0.802. The van der Waals surface area contributed by atoms with Crippen molar-refractivity contribution in [1.29, 1.82) is 0 Å². The van der Waals surface area contributed by atoms with Crippen LogP contribution < -0.4 is 5.73 Å². The minimum atomic E-state index is -1.11. The molecule has 0 aliphatic carbocycles. The van der Waals surface area contributed by atoms with Crippen LogP contribution in [-0.4, -0.2) is 33.3 Å². The number of benzene rings is 1. The molecule has 2 N–H and O–H groups in total. The molecule has 3 rings (SSSR count). The minimum Gasteiger partial charge on any atom is -0.369 e. The maximum Gasteiger partial charge on any atom is 0.252 e. The molecular formula is C13H12F2N4O2. The van der Waals surface area contributed by atoms with Gasteiger partial charge in [-0.25, -0.2) is 13.8 Å². The molecule has 1 aliphatic heterocycles. The number of hydrogen-bond acceptors (Lipinski definition) is 4. The molecule has 2 aromatic rings. The van der Waals surface area contributed by atoms with Gasteiger partial charge in [0.25, 0.3) is 5.91 Å². The van der Waals surface area contributed by atoms with Gasteiger partial charge in [-0.2, -0.15) is 0 Å². The molecule has 1 atom stereocenters. The maximum atomic E-state index is 14.0. The summed E-state index contributed by atoms with van der Waals surface area (Å²) >= 11 is 0. The van der Waals surface area contributed by atoms with Crippen molar-refractivity contribution in [3.05, 3.63) is 23.8 Å². The standard InChI is InChI=1S/C13H12F2N4O2/c1-18-9(20)5-4-8(12(18)21)19-11-7(17-13(19)16)3-2-6(14)10(11)15/h2-3,8H,4-5H2,1H3,(H2,16,17). The summed E-state index contributed by atoms with van der Waals surface area (Å²) in [5.74, 6) is -3.07. The number of hydrogen-bond donors (Lipinski definition) is 1. The minimum absolute atomic E-state index is 0.0874. The number of carbonyl (C=O) groups excluding carboxylic acids is 2. The first-order valence-corrected chi connectivity index (χ1v) is 6.33. The SMILES string of the molecule is CN1C(=O)CCC(n2c(N)nc3ccc(F)c(F)c32)C1=O. The summed E-state index contributed by atoms with van der Waals surface area (Å²) in [5.41, 5.74) is 5.76. The number of aromatic nitrogens is 2. The van der Waals surface area contributed by atoms with Gasteiger partial charge < -0.3 is 5.73 Å². The van der Waals surface area contributed by atoms with Crippen LogP contribution in [0.2, 0.25) is 0 Å². The molecule has 1 aliphatic rings. The van der Waals surface area contributed by atoms with Crippen molar-refractivity contribution in [2.75, 3.05) is 12.8 Å². The predicted octanol–water partition coefficient (Wildman–Crippen LogP) is 1.22. The van der Waals surface area contributed by atoms with Crippen molar-refractivity contribution >= 4 is 28.8 Å². The van der Waals surface area contributed by atoms with Crippen molar-refractivity contribution in [2.45, 2.75) is 18.9 Å². The molecule has 1 aromatic heterocycles. The summed E-state index contributed by atoms with van der Waals surface area (Å²) in [4.78, 5) is 28.6. The number of imide groups is 1. The zero-order chi connectivity index (χ0) is 15.3. The zero-order valence-electron chi connectivity index (χ0n) is 11.1. The lowest BCUT2D eigenvalue weighted by molar-refractivity contribution is -0.149. The van der Waals surface area contributed by atoms with Gasteiger partial charge in [-0.1, -0.05) is 0 Å². The molecule has 0 bridgehead atoms. The van der Waals surface area contributed by atoms with Gasteiger partial charge in [0.05, 0.1) is 5.52 Å². The van der Waals surface area contributed by atoms with Gasteiger partial charge in [0, 0.05) is 13.5 Å². The Balaban J connectivity index is 2.21. The number of imidazole rings is 1. The van der Waals surface area contributed by atoms with E-state index in [9.17, 15) is 18.4 Å². The Hall–Kier alpha value is -2.51. The number of halogens is 2. The first-order valence-electron chi connectivity index (χ1n) is 6.33. The molecular weight excluding hydrogens is 282 g/mol. The Kier molecular flexibility index (Phi) is 2.89. The first-order chi connectivity index (χ1) is 9.91. The van der Waals surface area contributed by atoms with Gasteiger partial charge in [-0.15, -0.1) is 0 Å². The number of carbonyl (C=O) groups is 2. The second-order valence-electron chi connectivity index (χ2n) is 4.91. The third-order valence-electron chi connectivity index (χ3n) is 3.70. The van der Waals surface area contributed by atoms with E-state index in [0.717, 1.165) is 11.0 Å². The predicted molar refractivity (Wildman–Crippen MR) is 70.1 cm³/mol. The molecule has 8 heteroatoms. The Morgan fingerprint density at radius 1 is 1.33 bits per heavy atom. The number of fused-ring (bicyclic) bond motifs is 1. The summed E-state index contributed by atoms with van der Waals surface area (Å²) in [6.45, 7) is 0. The Morgan fingerprint density at radius 2 is 2.05 bits per heavy atom. The number of rotatable bonds is 1. The van der Waals surface area contributed by atoms with E-state index in [0.29, 0.717) is 0 Å². The van der Waals surface area contributed by atoms with E-state index in [1.807, 2.05) is 0 Å². The normalized spacial score (nSPS) is 19.6. The van der Waals surface area contributed by atoms with Crippen molar-refractivity contribution in [3.8, 4) is 0 Å². The number of likely N-dealkylation sites (N-methyl/N-ethyl adjacent to an activating group) is 1. The molecule has 2 amide bonds. The monoisotopic (exact) mass is 294 g/mol. The Bertz CT molecular complexity index is 771. The van der Waals surface area contributed by atoms with Gasteiger partial charge in [-0.05, 0) is 18.6 Å². The molecule has 0 radical (unpaired) electrons. The molecule has 1 saturated heterocycles. The highest BCUT2D eigenvalue weighted by Gasteiger charge is 2.35. The Morgan fingerprint density at radius 3 is 2.76 bits per heavy atom. The fourth-order valence-corrected chi connectivity index (χ4v) is 2.59. The lowest BCUT2D eigenvalue weighted by atomic mass is 10.0. The molecule has 2 heterocycles. The molecule has 0 spiro atoms. The van der Waals surface area contributed by atoms with E-state index in [1.165, 1.54) is 17.7 Å². The number of amides is 2. The van der Waals surface area contributed by atoms with Crippen LogP contribution >= 0.6 is 0 Å². The summed E-state index contributed by atoms with van der Waals surface area (Å²) in [7, 11) is 1.35. The van der Waals surface area contributed by atoms with E-state index in [1.54, 1.807) is 0 Å². The van der Waals surface area contributed by atoms with Gasteiger partial charge in [0.15, 0.2) is 11.6 Å². The largest absolute Gasteiger partial charge is 0.369 e. The van der Waals surface area contributed by atoms with Crippen molar-refractivity contribution in [2.24, 2.45) is 0 Å². The van der Waals surface area contributed by atoms with Crippen molar-refractivity contribution < 1.29 is 18.4 Å². The highest BCUT2D eigenvalue weighted by Crippen LogP contribution is 2.31. The average Bonchev–Trinajstić information content (AvgIpc) is 2.78. The van der Waals surface area contributed by atoms with Crippen molar-refractivity contribution in [3.63, 3.8) is 0 Å². The lowest BCUT2D eigenvalue weighted by Crippen LogP contribution is -2.43. The van der Waals surface area contributed by atoms with Crippen LogP contribution in [0, 0.1) is 11.6 Å². The van der Waals surface area contributed by atoms with Crippen LogP contribution in [0.4, 0.5) is 14.7 Å². The molecule has 0 saturated carbocycles. The molecule has 110 valence electrons. The van der Waals surface area contributed by atoms with Gasteiger partial charge >= 0.3 is 0 Å². The van der Waals surface area contributed by atoms with E-state index in [4.69, 9.17) is 5.73 Å². The first kappa shape index (κ1) is 13.5. The molecule has 1 unspecified atom stereocenters. The maximum absolute atomic E-state index is 14.0. The second kappa shape index (κ2) is 4.51. The molecule has 1 aromatic carbocycles. The van der Waals surface area contributed by atoms with Crippen LogP contribution in [0.25, 0.3) is 11.0 Å². The smallest absolute Gasteiger partial charge is 0.252 e. The number of nitrogens with zero attached hydrogens (tertiary/aromatic N) is 3. The third-order valence-corrected chi connectivity index (χ3v) is 3.70. The van der Waals surface area contributed by atoms with Gasteiger partial charge in [0.2, 0.25) is 11.9 Å². The van der Waals surface area contributed by atoms with E-state index in [2.05, 4.69) is 4.98 Å². The fraction of sp³-hybridized carbons (Fsp3) is 0.308. The number of anilines is 1. The second-order valence-corrected chi connectivity index (χ2v) is 4.91. The third kappa shape index (κ3) is 1.86. The van der Waals surface area contributed by atoms with E-state index >= 15 is 0 Å². The number of nitrogen functional groups attached to an aromatic ring is 1. The average molecular weight is 294 g/mol. The molecule has 21 heavy (non-hydrogen) atoms. The van der Waals surface area contributed by atoms with E-state index in [-0.39, 0.29) is 35.7 Å². The summed E-state index contributed by atoms with van der Waals surface area (Å²) in [6.07, 6.45) is 0.302. The van der Waals surface area contributed by atoms with Crippen LogP contribution in [0.5, 0.6) is 0 Å². The zero-order valence-corrected chi connectivity index (χ0v) is 11.1. The molecule has 1 fully saturated rings. The number of piperidine rings is 1. The topological polar surface area (TPSA) is 81.2 Å². The fourth-order valence-electron chi connectivity index (χ4n) is 2.59. The summed E-state index contributed by atoms with van der Waals surface area (Å²) in [5, 5.41) is 0. The number of likely N-dealkylation sites (tertiary alicyclic amines) is 1. The van der Waals surface area contributed by atoms with Crippen LogP contribution in [0.3, 0.4) is 0 Å². The van der Waals surface area contributed by atoms with Gasteiger partial charge in [-0.3, -0.25) is 19.1 Å². The summed E-state index contributed by atoms with van der Waals surface area (Å²) < 4.78 is 28.6. The summed E-state index contributed by atoms with van der Waals surface area (Å²) in [6, 6.07) is 1.38. The highest BCUT2D eigenvalue weighted by atomic mass is 19.2. The molecule has 6 nitrogen and oxygen atoms in total.